The summed E-state index contributed by atoms with van der Waals surface area (Å²) in [5.41, 5.74) is -0.602. The fraction of sp³-hybridized carbons (Fsp3) is 0.143. The van der Waals surface area contributed by atoms with E-state index >= 15 is 0 Å². The van der Waals surface area contributed by atoms with Crippen LogP contribution < -0.4 is 5.14 Å². The van der Waals surface area contributed by atoms with Crippen molar-refractivity contribution in [2.45, 2.75) is 6.18 Å². The summed E-state index contributed by atoms with van der Waals surface area (Å²) in [5.74, 6) is 0. The highest BCUT2D eigenvalue weighted by Crippen LogP contribution is 2.28. The zero-order chi connectivity index (χ0) is 11.2. The van der Waals surface area contributed by atoms with Crippen LogP contribution in [-0.2, 0) is 17.4 Å². The average molecular weight is 226 g/mol. The molecule has 0 heterocycles. The van der Waals surface area contributed by atoms with Gasteiger partial charge in [0.2, 0.25) is 0 Å². The SMILES string of the molecule is FC(F)(F)c1ccccc1.NS(=O)[O-]. The molecule has 1 aromatic carbocycles. The maximum Gasteiger partial charge on any atom is 0.416 e. The van der Waals surface area contributed by atoms with Crippen LogP contribution in [0.5, 0.6) is 0 Å². The summed E-state index contributed by atoms with van der Waals surface area (Å²) in [6.07, 6.45) is -4.21. The maximum atomic E-state index is 11.8. The first-order valence-corrected chi connectivity index (χ1v) is 4.43. The van der Waals surface area contributed by atoms with E-state index in [-0.39, 0.29) is 0 Å². The molecule has 80 valence electrons. The molecule has 0 aliphatic rings. The summed E-state index contributed by atoms with van der Waals surface area (Å²) in [6.45, 7) is 0. The highest BCUT2D eigenvalue weighted by molar-refractivity contribution is 7.76. The molecule has 0 amide bonds. The van der Waals surface area contributed by atoms with Crippen LogP contribution in [0.15, 0.2) is 30.3 Å². The minimum Gasteiger partial charge on any atom is -0.760 e. The highest BCUT2D eigenvalue weighted by Gasteiger charge is 2.29. The Bertz CT molecular complexity index is 285. The summed E-state index contributed by atoms with van der Waals surface area (Å²) < 4.78 is 52.9. The molecule has 1 rings (SSSR count). The van der Waals surface area contributed by atoms with Crippen molar-refractivity contribution < 1.29 is 21.9 Å². The molecule has 0 aliphatic heterocycles. The quantitative estimate of drug-likeness (QED) is 0.680. The molecule has 0 fully saturated rings. The number of rotatable bonds is 0. The van der Waals surface area contributed by atoms with Gasteiger partial charge in [-0.15, -0.1) is 0 Å². The Hall–Kier alpha value is -0.920. The van der Waals surface area contributed by atoms with Gasteiger partial charge in [0.1, 0.15) is 0 Å². The van der Waals surface area contributed by atoms with Gasteiger partial charge in [-0.25, -0.2) is 0 Å². The van der Waals surface area contributed by atoms with Crippen LogP contribution in [0.25, 0.3) is 0 Å². The molecule has 0 saturated heterocycles. The van der Waals surface area contributed by atoms with Crippen molar-refractivity contribution in [2.24, 2.45) is 5.14 Å². The van der Waals surface area contributed by atoms with Crippen LogP contribution in [0.1, 0.15) is 5.56 Å². The van der Waals surface area contributed by atoms with E-state index in [9.17, 15) is 13.2 Å². The minimum atomic E-state index is -4.21. The van der Waals surface area contributed by atoms with Crippen molar-refractivity contribution in [3.63, 3.8) is 0 Å². The van der Waals surface area contributed by atoms with E-state index in [4.69, 9.17) is 8.76 Å². The number of hydrogen-bond donors (Lipinski definition) is 1. The van der Waals surface area contributed by atoms with Crippen LogP contribution in [0.2, 0.25) is 0 Å². The Morgan fingerprint density at radius 2 is 1.57 bits per heavy atom. The van der Waals surface area contributed by atoms with Gasteiger partial charge in [0.05, 0.1) is 5.56 Å². The molecule has 1 atom stereocenters. The number of nitrogens with two attached hydrogens (primary N) is 1. The molecule has 0 saturated carbocycles. The van der Waals surface area contributed by atoms with E-state index in [0.717, 1.165) is 12.1 Å². The lowest BCUT2D eigenvalue weighted by Gasteiger charge is -2.03. The van der Waals surface area contributed by atoms with E-state index in [2.05, 4.69) is 5.14 Å². The lowest BCUT2D eigenvalue weighted by molar-refractivity contribution is -0.137. The highest BCUT2D eigenvalue weighted by atomic mass is 32.2. The summed E-state index contributed by atoms with van der Waals surface area (Å²) in [5, 5.41) is 4.03. The molecule has 1 unspecified atom stereocenters. The lowest BCUT2D eigenvalue weighted by atomic mass is 10.2. The average Bonchev–Trinajstić information content (AvgIpc) is 2.03. The van der Waals surface area contributed by atoms with Gasteiger partial charge in [-0.3, -0.25) is 9.35 Å². The van der Waals surface area contributed by atoms with Gasteiger partial charge in [-0.05, 0) is 0 Å². The van der Waals surface area contributed by atoms with Gasteiger partial charge in [-0.1, -0.05) is 30.3 Å². The largest absolute Gasteiger partial charge is 0.760 e. The Kier molecular flexibility index (Phi) is 5.36. The third-order valence-electron chi connectivity index (χ3n) is 1.10. The Morgan fingerprint density at radius 3 is 1.79 bits per heavy atom. The monoisotopic (exact) mass is 226 g/mol. The zero-order valence-electron chi connectivity index (χ0n) is 6.82. The molecule has 0 spiro atoms. The molecule has 3 nitrogen and oxygen atoms in total. The Morgan fingerprint density at radius 1 is 1.21 bits per heavy atom. The topological polar surface area (TPSA) is 66.2 Å². The Labute approximate surface area is 81.2 Å². The first-order valence-electron chi connectivity index (χ1n) is 3.30. The minimum absolute atomic E-state index is 0.602. The predicted octanol–water partition coefficient (Wildman–Crippen LogP) is 1.44. The maximum absolute atomic E-state index is 11.8. The summed E-state index contributed by atoms with van der Waals surface area (Å²) in [7, 11) is 0. The molecule has 7 heteroatoms. The van der Waals surface area contributed by atoms with Crippen molar-refractivity contribution in [2.75, 3.05) is 0 Å². The second-order valence-electron chi connectivity index (χ2n) is 2.12. The molecule has 14 heavy (non-hydrogen) atoms. The molecule has 0 aliphatic carbocycles. The van der Waals surface area contributed by atoms with Gasteiger partial charge in [0.15, 0.2) is 0 Å². The first-order chi connectivity index (χ1) is 6.34. The molecule has 0 radical (unpaired) electrons. The number of hydrogen-bond acceptors (Lipinski definition) is 2. The van der Waals surface area contributed by atoms with Crippen molar-refractivity contribution in [3.8, 4) is 0 Å². The van der Waals surface area contributed by atoms with Gasteiger partial charge >= 0.3 is 6.18 Å². The van der Waals surface area contributed by atoms with Crippen molar-refractivity contribution in [1.82, 2.24) is 0 Å². The van der Waals surface area contributed by atoms with E-state index in [1.54, 1.807) is 6.07 Å². The van der Waals surface area contributed by atoms with Crippen LogP contribution in [0.3, 0.4) is 0 Å². The third kappa shape index (κ3) is 6.58. The predicted molar refractivity (Wildman–Crippen MR) is 44.6 cm³/mol. The fourth-order valence-corrected chi connectivity index (χ4v) is 0.627. The fourth-order valence-electron chi connectivity index (χ4n) is 0.627. The summed E-state index contributed by atoms with van der Waals surface area (Å²) >= 11 is -2.36. The number of benzene rings is 1. The van der Waals surface area contributed by atoms with Crippen molar-refractivity contribution >= 4 is 11.3 Å². The van der Waals surface area contributed by atoms with E-state index in [1.807, 2.05) is 0 Å². The van der Waals surface area contributed by atoms with E-state index < -0.39 is 23.0 Å². The summed E-state index contributed by atoms with van der Waals surface area (Å²) in [4.78, 5) is 0. The van der Waals surface area contributed by atoms with Gasteiger partial charge in [-0.2, -0.15) is 13.2 Å². The molecular formula is C7H7F3NO2S-. The van der Waals surface area contributed by atoms with Crippen LogP contribution >= 0.6 is 0 Å². The van der Waals surface area contributed by atoms with Gasteiger partial charge in [0.25, 0.3) is 0 Å². The van der Waals surface area contributed by atoms with Crippen LogP contribution in [0.4, 0.5) is 13.2 Å². The molecule has 2 N–H and O–H groups in total. The molecule has 0 bridgehead atoms. The Balaban J connectivity index is 0.000000364. The lowest BCUT2D eigenvalue weighted by Crippen LogP contribution is -2.03. The number of halogens is 3. The van der Waals surface area contributed by atoms with Crippen LogP contribution in [-0.4, -0.2) is 8.76 Å². The number of alkyl halides is 3. The zero-order valence-corrected chi connectivity index (χ0v) is 7.64. The van der Waals surface area contributed by atoms with E-state index in [0.29, 0.717) is 0 Å². The molecule has 1 aromatic rings. The smallest absolute Gasteiger partial charge is 0.416 e. The second-order valence-corrected chi connectivity index (χ2v) is 2.65. The molecule has 0 aromatic heterocycles. The van der Waals surface area contributed by atoms with Crippen LogP contribution in [0, 0.1) is 0 Å². The third-order valence-corrected chi connectivity index (χ3v) is 1.10. The van der Waals surface area contributed by atoms with E-state index in [1.165, 1.54) is 12.1 Å². The standard InChI is InChI=1S/C7H5F3.H3NO2S/c8-7(9,10)6-4-2-1-3-5-6;1-4(2)3/h1-5H;1H2,(H,2,3)/p-1. The van der Waals surface area contributed by atoms with Gasteiger partial charge < -0.3 is 4.55 Å². The van der Waals surface area contributed by atoms with Gasteiger partial charge in [0, 0.05) is 11.3 Å². The summed E-state index contributed by atoms with van der Waals surface area (Å²) in [6, 6.07) is 6.36. The normalized spacial score (nSPS) is 12.6. The van der Waals surface area contributed by atoms with Crippen molar-refractivity contribution in [3.05, 3.63) is 35.9 Å². The van der Waals surface area contributed by atoms with Crippen molar-refractivity contribution in [1.29, 1.82) is 0 Å². The second kappa shape index (κ2) is 5.74. The molecular weight excluding hydrogens is 219 g/mol. The first kappa shape index (κ1) is 13.1.